The third kappa shape index (κ3) is 4.39. The predicted molar refractivity (Wildman–Crippen MR) is 99.3 cm³/mol. The standard InChI is InChI=1S/C19H23Cl2N2O.ClH/c1-19(2)13-15(22-9-4-3-5-10-22)8-11-23(19)18(24)14-6-7-16(20)17(21)12-14;/h6-8,11-12H,3-5,9-10,13H2,1-2H3;1H/q+1;/p-1. The van der Waals surface area contributed by atoms with Crippen LogP contribution in [0.1, 0.15) is 49.9 Å². The Hall–Kier alpha value is -1.03. The van der Waals surface area contributed by atoms with Gasteiger partial charge in [-0.15, -0.1) is 0 Å². The van der Waals surface area contributed by atoms with E-state index < -0.39 is 0 Å². The van der Waals surface area contributed by atoms with Gasteiger partial charge in [-0.1, -0.05) is 23.2 Å². The highest BCUT2D eigenvalue weighted by Gasteiger charge is 2.37. The van der Waals surface area contributed by atoms with Crippen molar-refractivity contribution in [1.82, 2.24) is 4.90 Å². The van der Waals surface area contributed by atoms with Gasteiger partial charge in [0.05, 0.1) is 22.0 Å². The average Bonchev–Trinajstić information content (AvgIpc) is 2.56. The fourth-order valence-electron chi connectivity index (χ4n) is 3.46. The van der Waals surface area contributed by atoms with E-state index in [0.29, 0.717) is 15.6 Å². The van der Waals surface area contributed by atoms with E-state index in [1.807, 2.05) is 6.20 Å². The van der Waals surface area contributed by atoms with Crippen LogP contribution in [-0.4, -0.2) is 39.7 Å². The van der Waals surface area contributed by atoms with Crippen LogP contribution >= 0.6 is 23.2 Å². The summed E-state index contributed by atoms with van der Waals surface area (Å²) in [4.78, 5) is 14.7. The largest absolute Gasteiger partial charge is 1.00 e. The molecule has 0 aromatic heterocycles. The second-order valence-electron chi connectivity index (χ2n) is 7.15. The Morgan fingerprint density at radius 1 is 1.12 bits per heavy atom. The Morgan fingerprint density at radius 2 is 1.80 bits per heavy atom. The predicted octanol–water partition coefficient (Wildman–Crippen LogP) is 1.77. The lowest BCUT2D eigenvalue weighted by molar-refractivity contribution is -0.538. The molecular weight excluding hydrogens is 379 g/mol. The molecule has 1 saturated heterocycles. The minimum Gasteiger partial charge on any atom is -1.00 e. The van der Waals surface area contributed by atoms with Gasteiger partial charge in [0.1, 0.15) is 13.1 Å². The van der Waals surface area contributed by atoms with Crippen LogP contribution in [0, 0.1) is 0 Å². The maximum atomic E-state index is 12.9. The first kappa shape index (κ1) is 20.3. The van der Waals surface area contributed by atoms with Crippen molar-refractivity contribution in [2.24, 2.45) is 0 Å². The van der Waals surface area contributed by atoms with Crippen LogP contribution in [0.15, 0.2) is 30.5 Å². The molecule has 25 heavy (non-hydrogen) atoms. The lowest BCUT2D eigenvalue weighted by atomic mass is 9.90. The van der Waals surface area contributed by atoms with E-state index in [-0.39, 0.29) is 23.9 Å². The Labute approximate surface area is 165 Å². The number of carbonyl (C=O) groups is 1. The number of benzene rings is 1. The minimum absolute atomic E-state index is 0. The molecule has 0 radical (unpaired) electrons. The van der Waals surface area contributed by atoms with Gasteiger partial charge >= 0.3 is 0 Å². The third-order valence-electron chi connectivity index (χ3n) is 4.83. The Morgan fingerprint density at radius 3 is 2.40 bits per heavy atom. The van der Waals surface area contributed by atoms with Crippen molar-refractivity contribution in [3.05, 3.63) is 46.1 Å². The van der Waals surface area contributed by atoms with Crippen molar-refractivity contribution in [3.8, 4) is 0 Å². The van der Waals surface area contributed by atoms with Gasteiger partial charge < -0.3 is 17.3 Å². The summed E-state index contributed by atoms with van der Waals surface area (Å²) >= 11 is 12.0. The molecule has 0 atom stereocenters. The third-order valence-corrected chi connectivity index (χ3v) is 5.57. The molecule has 0 saturated carbocycles. The maximum Gasteiger partial charge on any atom is 0.258 e. The summed E-state index contributed by atoms with van der Waals surface area (Å²) in [5, 5.41) is 0.865. The first-order valence-corrected chi connectivity index (χ1v) is 9.22. The first-order valence-electron chi connectivity index (χ1n) is 8.46. The van der Waals surface area contributed by atoms with Crippen LogP contribution in [0.3, 0.4) is 0 Å². The summed E-state index contributed by atoms with van der Waals surface area (Å²) in [6.07, 6.45) is 8.69. The SMILES string of the molecule is CC1(C)CC(=[N+]2CCCCC2)C=CN1C(=O)c1ccc(Cl)c(Cl)c1.[Cl-]. The van der Waals surface area contributed by atoms with Crippen LogP contribution in [0.2, 0.25) is 10.0 Å². The summed E-state index contributed by atoms with van der Waals surface area (Å²) in [7, 11) is 0. The zero-order valence-electron chi connectivity index (χ0n) is 14.6. The molecule has 0 spiro atoms. The molecular formula is C19H23Cl3N2O. The lowest BCUT2D eigenvalue weighted by Gasteiger charge is -2.38. The van der Waals surface area contributed by atoms with Gasteiger partial charge in [-0.2, -0.15) is 0 Å². The second kappa shape index (κ2) is 8.11. The van der Waals surface area contributed by atoms with Crippen molar-refractivity contribution in [2.45, 2.75) is 45.1 Å². The van der Waals surface area contributed by atoms with E-state index in [1.54, 1.807) is 23.1 Å². The topological polar surface area (TPSA) is 23.3 Å². The summed E-state index contributed by atoms with van der Waals surface area (Å²) in [6, 6.07) is 5.04. The van der Waals surface area contributed by atoms with Crippen LogP contribution in [0.5, 0.6) is 0 Å². The molecule has 2 aliphatic rings. The highest BCUT2D eigenvalue weighted by molar-refractivity contribution is 6.42. The fourth-order valence-corrected chi connectivity index (χ4v) is 3.76. The molecule has 3 nitrogen and oxygen atoms in total. The van der Waals surface area contributed by atoms with Crippen molar-refractivity contribution in [3.63, 3.8) is 0 Å². The maximum absolute atomic E-state index is 12.9. The molecule has 0 unspecified atom stereocenters. The van der Waals surface area contributed by atoms with Crippen molar-refractivity contribution >= 4 is 34.8 Å². The van der Waals surface area contributed by atoms with E-state index >= 15 is 0 Å². The van der Waals surface area contributed by atoms with E-state index in [1.165, 1.54) is 25.0 Å². The number of piperidine rings is 1. The molecule has 2 heterocycles. The molecule has 1 fully saturated rings. The van der Waals surface area contributed by atoms with Gasteiger partial charge in [-0.05, 0) is 38.5 Å². The highest BCUT2D eigenvalue weighted by atomic mass is 35.5. The van der Waals surface area contributed by atoms with Gasteiger partial charge in [0.2, 0.25) is 0 Å². The van der Waals surface area contributed by atoms with Crippen LogP contribution < -0.4 is 12.4 Å². The van der Waals surface area contributed by atoms with Crippen molar-refractivity contribution < 1.29 is 21.8 Å². The average molecular weight is 402 g/mol. The van der Waals surface area contributed by atoms with Crippen molar-refractivity contribution in [2.75, 3.05) is 13.1 Å². The number of amides is 1. The highest BCUT2D eigenvalue weighted by Crippen LogP contribution is 2.29. The molecule has 1 amide bonds. The Bertz CT molecular complexity index is 717. The van der Waals surface area contributed by atoms with E-state index in [0.717, 1.165) is 19.5 Å². The monoisotopic (exact) mass is 400 g/mol. The summed E-state index contributed by atoms with van der Waals surface area (Å²) in [6.45, 7) is 6.46. The number of rotatable bonds is 1. The van der Waals surface area contributed by atoms with E-state index in [2.05, 4.69) is 24.5 Å². The number of hydrogen-bond donors (Lipinski definition) is 0. The summed E-state index contributed by atoms with van der Waals surface area (Å²) in [5.41, 5.74) is 1.62. The molecule has 2 aliphatic heterocycles. The second-order valence-corrected chi connectivity index (χ2v) is 7.96. The molecule has 0 N–H and O–H groups in total. The van der Waals surface area contributed by atoms with Gasteiger partial charge in [-0.25, -0.2) is 4.58 Å². The number of allylic oxidation sites excluding steroid dienone is 1. The normalized spacial score (nSPS) is 19.6. The van der Waals surface area contributed by atoms with Gasteiger partial charge in [0.25, 0.3) is 5.91 Å². The Kier molecular flexibility index (Phi) is 6.58. The zero-order valence-corrected chi connectivity index (χ0v) is 16.8. The zero-order chi connectivity index (χ0) is 17.3. The molecule has 136 valence electrons. The number of carbonyl (C=O) groups excluding carboxylic acids is 1. The van der Waals surface area contributed by atoms with Gasteiger partial charge in [-0.3, -0.25) is 4.79 Å². The summed E-state index contributed by atoms with van der Waals surface area (Å²) < 4.78 is 2.46. The van der Waals surface area contributed by atoms with Crippen LogP contribution in [0.25, 0.3) is 0 Å². The molecule has 1 aromatic carbocycles. The molecule has 0 aliphatic carbocycles. The van der Waals surface area contributed by atoms with Gasteiger partial charge in [0.15, 0.2) is 5.71 Å². The van der Waals surface area contributed by atoms with Crippen molar-refractivity contribution in [1.29, 1.82) is 0 Å². The van der Waals surface area contributed by atoms with E-state index in [4.69, 9.17) is 23.2 Å². The Balaban J connectivity index is 0.00000225. The summed E-state index contributed by atoms with van der Waals surface area (Å²) in [5.74, 6) is -0.0486. The molecule has 1 aromatic rings. The molecule has 0 bridgehead atoms. The first-order chi connectivity index (χ1) is 11.4. The van der Waals surface area contributed by atoms with Crippen LogP contribution in [-0.2, 0) is 0 Å². The van der Waals surface area contributed by atoms with Gasteiger partial charge in [0, 0.05) is 30.7 Å². The van der Waals surface area contributed by atoms with E-state index in [9.17, 15) is 4.79 Å². The van der Waals surface area contributed by atoms with Crippen LogP contribution in [0.4, 0.5) is 0 Å². The fraction of sp³-hybridized carbons (Fsp3) is 0.474. The smallest absolute Gasteiger partial charge is 0.258 e. The molecule has 3 rings (SSSR count). The quantitative estimate of drug-likeness (QED) is 0.658. The number of hydrogen-bond acceptors (Lipinski definition) is 1. The number of nitrogens with zero attached hydrogens (tertiary/aromatic N) is 2. The number of halogens is 3. The minimum atomic E-state index is -0.273. The molecule has 6 heteroatoms. The lowest BCUT2D eigenvalue weighted by Crippen LogP contribution is -3.00.